The molecule has 6 nitrogen and oxygen atoms in total. The summed E-state index contributed by atoms with van der Waals surface area (Å²) in [6.07, 6.45) is 2.14. The van der Waals surface area contributed by atoms with Crippen molar-refractivity contribution in [2.45, 2.75) is 47.1 Å². The SMILES string of the molecule is CC(=O)c1cc(C)c2c(c1)C(c1ccc(C)cc1)=CC(C)(C)O2.Cc1cc(N)c(C(=O)O)c(N)c1. The van der Waals surface area contributed by atoms with Gasteiger partial charge in [-0.25, -0.2) is 4.79 Å². The molecule has 182 valence electrons. The first-order chi connectivity index (χ1) is 16.3. The lowest BCUT2D eigenvalue weighted by molar-refractivity contribution is 0.0699. The number of nitrogens with two attached hydrogens (primary N) is 2. The van der Waals surface area contributed by atoms with Crippen molar-refractivity contribution in [2.24, 2.45) is 0 Å². The molecule has 0 spiro atoms. The third-order valence-electron chi connectivity index (χ3n) is 5.75. The fourth-order valence-corrected chi connectivity index (χ4v) is 4.09. The summed E-state index contributed by atoms with van der Waals surface area (Å²) in [6, 6.07) is 15.5. The van der Waals surface area contributed by atoms with Gasteiger partial charge in [-0.15, -0.1) is 0 Å². The summed E-state index contributed by atoms with van der Waals surface area (Å²) in [5, 5.41) is 8.68. The average molecular weight is 473 g/mol. The summed E-state index contributed by atoms with van der Waals surface area (Å²) in [4.78, 5) is 22.4. The van der Waals surface area contributed by atoms with Gasteiger partial charge in [0.15, 0.2) is 5.78 Å². The van der Waals surface area contributed by atoms with Crippen LogP contribution >= 0.6 is 0 Å². The molecular formula is C29H32N2O4. The second kappa shape index (κ2) is 9.66. The summed E-state index contributed by atoms with van der Waals surface area (Å²) < 4.78 is 6.17. The highest BCUT2D eigenvalue weighted by molar-refractivity contribution is 5.99. The van der Waals surface area contributed by atoms with Crippen LogP contribution in [0.2, 0.25) is 0 Å². The highest BCUT2D eigenvalue weighted by Crippen LogP contribution is 2.42. The van der Waals surface area contributed by atoms with Crippen LogP contribution < -0.4 is 16.2 Å². The predicted octanol–water partition coefficient (Wildman–Crippen LogP) is 5.97. The van der Waals surface area contributed by atoms with Crippen molar-refractivity contribution < 1.29 is 19.4 Å². The van der Waals surface area contributed by atoms with E-state index in [0.29, 0.717) is 0 Å². The van der Waals surface area contributed by atoms with Gasteiger partial charge in [0.1, 0.15) is 16.9 Å². The molecule has 3 aromatic rings. The highest BCUT2D eigenvalue weighted by Gasteiger charge is 2.29. The molecule has 0 bridgehead atoms. The Morgan fingerprint density at radius 2 is 1.46 bits per heavy atom. The highest BCUT2D eigenvalue weighted by atomic mass is 16.5. The molecule has 1 aliphatic rings. The number of carbonyl (C=O) groups is 2. The molecule has 35 heavy (non-hydrogen) atoms. The molecule has 0 aliphatic carbocycles. The Labute approximate surface area is 206 Å². The van der Waals surface area contributed by atoms with E-state index in [4.69, 9.17) is 21.3 Å². The Hall–Kier alpha value is -4.06. The van der Waals surface area contributed by atoms with Crippen LogP contribution in [0.3, 0.4) is 0 Å². The maximum atomic E-state index is 11.8. The molecule has 0 atom stereocenters. The zero-order valence-electron chi connectivity index (χ0n) is 21.0. The Morgan fingerprint density at radius 1 is 0.886 bits per heavy atom. The molecule has 4 rings (SSSR count). The fourth-order valence-electron chi connectivity index (χ4n) is 4.09. The number of nitrogen functional groups attached to an aromatic ring is 2. The number of rotatable bonds is 3. The molecule has 3 aromatic carbocycles. The third-order valence-corrected chi connectivity index (χ3v) is 5.75. The number of carboxylic acids is 1. The topological polar surface area (TPSA) is 116 Å². The summed E-state index contributed by atoms with van der Waals surface area (Å²) in [5.74, 6) is -0.146. The first-order valence-electron chi connectivity index (χ1n) is 11.3. The van der Waals surface area contributed by atoms with Crippen molar-refractivity contribution >= 4 is 28.7 Å². The first-order valence-corrected chi connectivity index (χ1v) is 11.3. The van der Waals surface area contributed by atoms with Crippen LogP contribution in [-0.4, -0.2) is 22.5 Å². The molecule has 0 saturated heterocycles. The normalized spacial score (nSPS) is 13.5. The standard InChI is InChI=1S/C21H22O2.C8H10N2O2/c1-13-6-8-16(9-7-13)19-12-21(4,5)23-20-14(2)10-17(15(3)22)11-18(19)20;1-4-2-5(9)7(8(11)12)6(10)3-4/h6-12H,1-5H3;2-3H,9-10H2,1H3,(H,11,12). The lowest BCUT2D eigenvalue weighted by atomic mass is 9.87. The van der Waals surface area contributed by atoms with Crippen molar-refractivity contribution in [3.8, 4) is 5.75 Å². The monoisotopic (exact) mass is 472 g/mol. The number of hydrogen-bond donors (Lipinski definition) is 3. The number of hydrogen-bond acceptors (Lipinski definition) is 5. The van der Waals surface area contributed by atoms with Crippen LogP contribution in [0.5, 0.6) is 5.75 Å². The summed E-state index contributed by atoms with van der Waals surface area (Å²) in [5.41, 5.74) is 18.0. The lowest BCUT2D eigenvalue weighted by Crippen LogP contribution is -2.29. The van der Waals surface area contributed by atoms with Crippen LogP contribution in [0.4, 0.5) is 11.4 Å². The third kappa shape index (κ3) is 5.72. The molecule has 0 saturated carbocycles. The quantitative estimate of drug-likeness (QED) is 0.320. The Kier molecular flexibility index (Phi) is 7.06. The molecule has 5 N–H and O–H groups in total. The zero-order chi connectivity index (χ0) is 26.1. The Morgan fingerprint density at radius 3 is 1.97 bits per heavy atom. The van der Waals surface area contributed by atoms with Crippen LogP contribution in [0.1, 0.15) is 69.3 Å². The maximum Gasteiger partial charge on any atom is 0.339 e. The number of aryl methyl sites for hydroxylation is 3. The molecular weight excluding hydrogens is 440 g/mol. The van der Waals surface area contributed by atoms with Gasteiger partial charge in [-0.3, -0.25) is 4.79 Å². The number of carboxylic acid groups (broad SMARTS) is 1. The van der Waals surface area contributed by atoms with E-state index < -0.39 is 5.97 Å². The van der Waals surface area contributed by atoms with E-state index in [0.717, 1.165) is 39.1 Å². The Bertz CT molecular complexity index is 1310. The molecule has 0 aromatic heterocycles. The minimum atomic E-state index is -1.09. The number of fused-ring (bicyclic) bond motifs is 1. The summed E-state index contributed by atoms with van der Waals surface area (Å²) >= 11 is 0. The van der Waals surface area contributed by atoms with E-state index >= 15 is 0 Å². The lowest BCUT2D eigenvalue weighted by Gasteiger charge is -2.32. The zero-order valence-corrected chi connectivity index (χ0v) is 21.0. The molecule has 1 heterocycles. The number of carbonyl (C=O) groups excluding carboxylic acids is 1. The van der Waals surface area contributed by atoms with Gasteiger partial charge in [0.25, 0.3) is 0 Å². The smallest absolute Gasteiger partial charge is 0.339 e. The van der Waals surface area contributed by atoms with Crippen molar-refractivity contribution in [2.75, 3.05) is 11.5 Å². The van der Waals surface area contributed by atoms with E-state index in [2.05, 4.69) is 51.1 Å². The number of anilines is 2. The second-order valence-corrected chi connectivity index (χ2v) is 9.48. The minimum Gasteiger partial charge on any atom is -0.483 e. The van der Waals surface area contributed by atoms with E-state index in [1.54, 1.807) is 26.0 Å². The molecule has 0 unspecified atom stereocenters. The van der Waals surface area contributed by atoms with Crippen molar-refractivity contribution in [3.05, 3.63) is 93.6 Å². The van der Waals surface area contributed by atoms with Gasteiger partial charge in [-0.1, -0.05) is 29.8 Å². The maximum absolute atomic E-state index is 11.8. The van der Waals surface area contributed by atoms with Gasteiger partial charge in [0.2, 0.25) is 0 Å². The van der Waals surface area contributed by atoms with Gasteiger partial charge in [0, 0.05) is 22.5 Å². The van der Waals surface area contributed by atoms with Gasteiger partial charge in [-0.2, -0.15) is 0 Å². The fraction of sp³-hybridized carbons (Fsp3) is 0.241. The number of benzene rings is 3. The number of aromatic carboxylic acids is 1. The van der Waals surface area contributed by atoms with Gasteiger partial charge in [-0.05, 0) is 94.1 Å². The molecule has 0 amide bonds. The molecule has 0 radical (unpaired) electrons. The van der Waals surface area contributed by atoms with E-state index in [9.17, 15) is 9.59 Å². The number of Topliss-reactive ketones (excluding diaryl/α,β-unsaturated/α-hetero) is 1. The van der Waals surface area contributed by atoms with Crippen LogP contribution in [0.25, 0.3) is 5.57 Å². The van der Waals surface area contributed by atoms with Crippen molar-refractivity contribution in [3.63, 3.8) is 0 Å². The van der Waals surface area contributed by atoms with Crippen LogP contribution in [0.15, 0.2) is 54.6 Å². The number of ether oxygens (including phenoxy) is 1. The van der Waals surface area contributed by atoms with Crippen LogP contribution in [-0.2, 0) is 0 Å². The van der Waals surface area contributed by atoms with Gasteiger partial charge in [0.05, 0.1) is 0 Å². The van der Waals surface area contributed by atoms with E-state index in [1.807, 2.05) is 19.1 Å². The Balaban J connectivity index is 0.000000241. The summed E-state index contributed by atoms with van der Waals surface area (Å²) in [6.45, 7) is 11.6. The van der Waals surface area contributed by atoms with E-state index in [-0.39, 0.29) is 28.3 Å². The molecule has 1 aliphatic heterocycles. The van der Waals surface area contributed by atoms with Gasteiger partial charge < -0.3 is 21.3 Å². The van der Waals surface area contributed by atoms with Crippen LogP contribution in [0, 0.1) is 20.8 Å². The molecule has 6 heteroatoms. The number of ketones is 1. The molecule has 0 fully saturated rings. The van der Waals surface area contributed by atoms with Crippen molar-refractivity contribution in [1.82, 2.24) is 0 Å². The first kappa shape index (κ1) is 25.6. The summed E-state index contributed by atoms with van der Waals surface area (Å²) in [7, 11) is 0. The minimum absolute atomic E-state index is 0.0133. The average Bonchev–Trinajstić information content (AvgIpc) is 2.73. The van der Waals surface area contributed by atoms with E-state index in [1.165, 1.54) is 5.56 Å². The van der Waals surface area contributed by atoms with Crippen molar-refractivity contribution in [1.29, 1.82) is 0 Å². The second-order valence-electron chi connectivity index (χ2n) is 9.48. The predicted molar refractivity (Wildman–Crippen MR) is 141 cm³/mol. The van der Waals surface area contributed by atoms with Gasteiger partial charge >= 0.3 is 5.97 Å². The largest absolute Gasteiger partial charge is 0.483 e.